The Morgan fingerprint density at radius 3 is 2.68 bits per heavy atom. The van der Waals surface area contributed by atoms with Gasteiger partial charge in [-0.25, -0.2) is 0 Å². The number of ether oxygens (including phenoxy) is 1. The van der Waals surface area contributed by atoms with Crippen LogP contribution in [0.5, 0.6) is 0 Å². The molecular weight excluding hydrogens is 314 g/mol. The van der Waals surface area contributed by atoms with Crippen LogP contribution in [-0.2, 0) is 4.74 Å². The molecule has 1 saturated heterocycles. The fourth-order valence-electron chi connectivity index (χ4n) is 3.84. The number of hydrogen-bond acceptors (Lipinski definition) is 3. The zero-order valence-electron chi connectivity index (χ0n) is 15.7. The molecule has 1 aliphatic rings. The number of rotatable bonds is 5. The van der Waals surface area contributed by atoms with E-state index >= 15 is 0 Å². The van der Waals surface area contributed by atoms with Crippen molar-refractivity contribution in [3.63, 3.8) is 0 Å². The number of aromatic nitrogens is 1. The van der Waals surface area contributed by atoms with Gasteiger partial charge in [0.1, 0.15) is 0 Å². The molecule has 1 fully saturated rings. The maximum atomic E-state index is 12.7. The van der Waals surface area contributed by atoms with Gasteiger partial charge in [0.25, 0.3) is 5.91 Å². The maximum Gasteiger partial charge on any atom is 0.251 e. The lowest BCUT2D eigenvalue weighted by molar-refractivity contribution is 0.00285. The quantitative estimate of drug-likeness (QED) is 0.878. The molecule has 0 atom stereocenters. The number of H-pyrrole nitrogens is 1. The van der Waals surface area contributed by atoms with Gasteiger partial charge in [-0.15, -0.1) is 0 Å². The van der Waals surface area contributed by atoms with E-state index in [2.05, 4.69) is 43.1 Å². The lowest BCUT2D eigenvalue weighted by Crippen LogP contribution is -2.47. The molecule has 0 aliphatic carbocycles. The Morgan fingerprint density at radius 2 is 2.00 bits per heavy atom. The van der Waals surface area contributed by atoms with Crippen LogP contribution in [0.3, 0.4) is 0 Å². The Labute approximate surface area is 149 Å². The Morgan fingerprint density at radius 1 is 1.28 bits per heavy atom. The van der Waals surface area contributed by atoms with Crippen molar-refractivity contribution in [3.8, 4) is 0 Å². The molecule has 1 aliphatic heterocycles. The molecule has 0 spiro atoms. The molecule has 0 bridgehead atoms. The van der Waals surface area contributed by atoms with Crippen molar-refractivity contribution >= 4 is 16.8 Å². The van der Waals surface area contributed by atoms with Gasteiger partial charge in [-0.1, -0.05) is 0 Å². The average Bonchev–Trinajstić information content (AvgIpc) is 2.87. The Hall–Kier alpha value is -1.85. The smallest absolute Gasteiger partial charge is 0.251 e. The van der Waals surface area contributed by atoms with Crippen LogP contribution in [0.1, 0.15) is 34.5 Å². The van der Waals surface area contributed by atoms with Crippen molar-refractivity contribution in [2.24, 2.45) is 5.41 Å². The van der Waals surface area contributed by atoms with E-state index in [4.69, 9.17) is 4.74 Å². The molecular formula is C20H29N3O2. The molecule has 0 radical (unpaired) electrons. The number of nitrogens with zero attached hydrogens (tertiary/aromatic N) is 1. The first-order valence-corrected chi connectivity index (χ1v) is 9.00. The number of carbonyl (C=O) groups is 1. The SMILES string of the molecule is Cc1[nH]c2ccc(C(=O)NCC3(CN(C)C)CCOCC3)cc2c1C. The third-order valence-electron chi connectivity index (χ3n) is 5.40. The molecule has 1 aromatic carbocycles. The molecule has 5 heteroatoms. The molecule has 25 heavy (non-hydrogen) atoms. The first kappa shape index (κ1) is 18.0. The summed E-state index contributed by atoms with van der Waals surface area (Å²) in [4.78, 5) is 18.3. The summed E-state index contributed by atoms with van der Waals surface area (Å²) in [6.45, 7) is 7.35. The lowest BCUT2D eigenvalue weighted by Gasteiger charge is -2.39. The lowest BCUT2D eigenvalue weighted by atomic mass is 9.79. The number of fused-ring (bicyclic) bond motifs is 1. The van der Waals surface area contributed by atoms with Crippen LogP contribution in [0.15, 0.2) is 18.2 Å². The van der Waals surface area contributed by atoms with E-state index in [0.29, 0.717) is 6.54 Å². The monoisotopic (exact) mass is 343 g/mol. The summed E-state index contributed by atoms with van der Waals surface area (Å²) in [5.74, 6) is 0.00442. The number of nitrogens with one attached hydrogen (secondary N) is 2. The summed E-state index contributed by atoms with van der Waals surface area (Å²) in [7, 11) is 4.17. The predicted octanol–water partition coefficient (Wildman–Crippen LogP) is 2.87. The predicted molar refractivity (Wildman–Crippen MR) is 101 cm³/mol. The normalized spacial score (nSPS) is 17.2. The van der Waals surface area contributed by atoms with Crippen molar-refractivity contribution in [1.82, 2.24) is 15.2 Å². The minimum Gasteiger partial charge on any atom is -0.381 e. The van der Waals surface area contributed by atoms with Crippen molar-refractivity contribution in [3.05, 3.63) is 35.0 Å². The van der Waals surface area contributed by atoms with E-state index in [1.165, 1.54) is 5.56 Å². The highest BCUT2D eigenvalue weighted by molar-refractivity contribution is 5.99. The highest BCUT2D eigenvalue weighted by Crippen LogP contribution is 2.30. The van der Waals surface area contributed by atoms with Crippen molar-refractivity contribution < 1.29 is 9.53 Å². The average molecular weight is 343 g/mol. The van der Waals surface area contributed by atoms with Crippen LogP contribution in [0.25, 0.3) is 10.9 Å². The topological polar surface area (TPSA) is 57.4 Å². The van der Waals surface area contributed by atoms with E-state index in [1.807, 2.05) is 18.2 Å². The molecule has 1 amide bonds. The number of aromatic amines is 1. The fourth-order valence-corrected chi connectivity index (χ4v) is 3.84. The summed E-state index contributed by atoms with van der Waals surface area (Å²) in [6, 6.07) is 5.88. The number of benzene rings is 1. The highest BCUT2D eigenvalue weighted by Gasteiger charge is 2.33. The number of hydrogen-bond donors (Lipinski definition) is 2. The molecule has 2 N–H and O–H groups in total. The van der Waals surface area contributed by atoms with Crippen molar-refractivity contribution in [2.45, 2.75) is 26.7 Å². The van der Waals surface area contributed by atoms with E-state index < -0.39 is 0 Å². The fraction of sp³-hybridized carbons (Fsp3) is 0.550. The van der Waals surface area contributed by atoms with Gasteiger partial charge in [0.2, 0.25) is 0 Å². The molecule has 2 aromatic rings. The van der Waals surface area contributed by atoms with Crippen LogP contribution in [0.4, 0.5) is 0 Å². The maximum absolute atomic E-state index is 12.7. The summed E-state index contributed by atoms with van der Waals surface area (Å²) in [5, 5.41) is 4.30. The number of amides is 1. The zero-order chi connectivity index (χ0) is 18.0. The summed E-state index contributed by atoms with van der Waals surface area (Å²) in [6.07, 6.45) is 1.97. The Kier molecular flexibility index (Phi) is 5.16. The standard InChI is InChI=1S/C20H29N3O2/c1-14-15(2)22-18-6-5-16(11-17(14)18)19(24)21-12-20(13-23(3)4)7-9-25-10-8-20/h5-6,11,22H,7-10,12-13H2,1-4H3,(H,21,24). The molecule has 136 valence electrons. The van der Waals surface area contributed by atoms with Crippen LogP contribution in [0, 0.1) is 19.3 Å². The van der Waals surface area contributed by atoms with E-state index in [-0.39, 0.29) is 11.3 Å². The van der Waals surface area contributed by atoms with Gasteiger partial charge in [0.15, 0.2) is 0 Å². The second-order valence-electron chi connectivity index (χ2n) is 7.67. The molecule has 0 unspecified atom stereocenters. The van der Waals surface area contributed by atoms with Crippen LogP contribution >= 0.6 is 0 Å². The molecule has 1 aromatic heterocycles. The first-order valence-electron chi connectivity index (χ1n) is 9.00. The van der Waals surface area contributed by atoms with Crippen molar-refractivity contribution in [2.75, 3.05) is 40.4 Å². The van der Waals surface area contributed by atoms with Gasteiger partial charge in [-0.05, 0) is 64.5 Å². The molecule has 5 nitrogen and oxygen atoms in total. The minimum absolute atomic E-state index is 0.00442. The van der Waals surface area contributed by atoms with Gasteiger partial charge < -0.3 is 19.9 Å². The second-order valence-corrected chi connectivity index (χ2v) is 7.67. The van der Waals surface area contributed by atoms with Gasteiger partial charge in [0.05, 0.1) is 0 Å². The third kappa shape index (κ3) is 3.88. The van der Waals surface area contributed by atoms with E-state index in [1.54, 1.807) is 0 Å². The van der Waals surface area contributed by atoms with Gasteiger partial charge in [-0.2, -0.15) is 0 Å². The first-order chi connectivity index (χ1) is 11.9. The highest BCUT2D eigenvalue weighted by atomic mass is 16.5. The Balaban J connectivity index is 1.73. The van der Waals surface area contributed by atoms with Gasteiger partial charge >= 0.3 is 0 Å². The van der Waals surface area contributed by atoms with Crippen LogP contribution < -0.4 is 5.32 Å². The van der Waals surface area contributed by atoms with Gasteiger partial charge in [0, 0.05) is 53.9 Å². The summed E-state index contributed by atoms with van der Waals surface area (Å²) >= 11 is 0. The van der Waals surface area contributed by atoms with E-state index in [9.17, 15) is 4.79 Å². The summed E-state index contributed by atoms with van der Waals surface area (Å²) < 4.78 is 5.53. The van der Waals surface area contributed by atoms with Crippen molar-refractivity contribution in [1.29, 1.82) is 0 Å². The minimum atomic E-state index is 0.00442. The second kappa shape index (κ2) is 7.18. The largest absolute Gasteiger partial charge is 0.381 e. The number of aryl methyl sites for hydroxylation is 2. The zero-order valence-corrected chi connectivity index (χ0v) is 15.7. The molecule has 0 saturated carbocycles. The summed E-state index contributed by atoms with van der Waals surface area (Å²) in [5.41, 5.74) is 4.27. The van der Waals surface area contributed by atoms with Crippen LogP contribution in [-0.4, -0.2) is 56.2 Å². The number of carbonyl (C=O) groups excluding carboxylic acids is 1. The Bertz CT molecular complexity index is 758. The third-order valence-corrected chi connectivity index (χ3v) is 5.40. The van der Waals surface area contributed by atoms with Gasteiger partial charge in [-0.3, -0.25) is 4.79 Å². The van der Waals surface area contributed by atoms with Crippen LogP contribution in [0.2, 0.25) is 0 Å². The molecule has 2 heterocycles. The molecule has 3 rings (SSSR count). The van der Waals surface area contributed by atoms with E-state index in [0.717, 1.165) is 54.8 Å².